The van der Waals surface area contributed by atoms with Crippen LogP contribution in [0.1, 0.15) is 42.6 Å². The molecule has 2 heteroatoms. The lowest BCUT2D eigenvalue weighted by atomic mass is 9.90. The fraction of sp³-hybridized carbons (Fsp3) is 0.500. The van der Waals surface area contributed by atoms with E-state index in [2.05, 4.69) is 28.1 Å². The van der Waals surface area contributed by atoms with E-state index in [0.29, 0.717) is 0 Å². The van der Waals surface area contributed by atoms with Gasteiger partial charge in [-0.2, -0.15) is 0 Å². The van der Waals surface area contributed by atoms with E-state index >= 15 is 0 Å². The minimum absolute atomic E-state index is 0.378. The Morgan fingerprint density at radius 2 is 1.79 bits per heavy atom. The number of fused-ring (bicyclic) bond motifs is 1. The second kappa shape index (κ2) is 4.03. The van der Waals surface area contributed by atoms with Crippen molar-refractivity contribution in [3.8, 4) is 0 Å². The quantitative estimate of drug-likeness (QED) is 0.815. The molecule has 14 heavy (non-hydrogen) atoms. The number of aliphatic hydroxyl groups excluding tert-OH is 1. The third kappa shape index (κ3) is 1.86. The zero-order chi connectivity index (χ0) is 10.1. The summed E-state index contributed by atoms with van der Waals surface area (Å²) in [5.41, 5.74) is 3.90. The van der Waals surface area contributed by atoms with Crippen molar-refractivity contribution in [3.05, 3.63) is 33.3 Å². The summed E-state index contributed by atoms with van der Waals surface area (Å²) in [6.07, 6.45) is 4.56. The Kier molecular flexibility index (Phi) is 2.93. The first-order valence-electron chi connectivity index (χ1n) is 5.18. The van der Waals surface area contributed by atoms with Crippen LogP contribution in [0.4, 0.5) is 0 Å². The first-order chi connectivity index (χ1) is 6.68. The SMILES string of the molecule is C[C@@H](O)c1cc2c(cc1Br)CCCC2. The fourth-order valence-corrected chi connectivity index (χ4v) is 2.82. The van der Waals surface area contributed by atoms with Crippen LogP contribution < -0.4 is 0 Å². The summed E-state index contributed by atoms with van der Waals surface area (Å²) >= 11 is 3.52. The number of aryl methyl sites for hydroxylation is 2. The lowest BCUT2D eigenvalue weighted by Gasteiger charge is -2.19. The van der Waals surface area contributed by atoms with Gasteiger partial charge in [0, 0.05) is 4.47 Å². The van der Waals surface area contributed by atoms with Crippen molar-refractivity contribution in [1.29, 1.82) is 0 Å². The maximum absolute atomic E-state index is 9.58. The maximum atomic E-state index is 9.58. The van der Waals surface area contributed by atoms with Crippen LogP contribution in [-0.2, 0) is 12.8 Å². The predicted octanol–water partition coefficient (Wildman–Crippen LogP) is 3.38. The van der Waals surface area contributed by atoms with Crippen LogP contribution >= 0.6 is 15.9 Å². The molecule has 2 rings (SSSR count). The van der Waals surface area contributed by atoms with E-state index < -0.39 is 0 Å². The first kappa shape index (κ1) is 10.2. The maximum Gasteiger partial charge on any atom is 0.0772 e. The van der Waals surface area contributed by atoms with Crippen LogP contribution in [0.3, 0.4) is 0 Å². The van der Waals surface area contributed by atoms with Crippen LogP contribution in [-0.4, -0.2) is 5.11 Å². The van der Waals surface area contributed by atoms with Crippen LogP contribution in [0.2, 0.25) is 0 Å². The summed E-state index contributed by atoms with van der Waals surface area (Å²) < 4.78 is 1.05. The molecular formula is C12H15BrO. The van der Waals surface area contributed by atoms with E-state index in [9.17, 15) is 5.11 Å². The highest BCUT2D eigenvalue weighted by atomic mass is 79.9. The molecule has 0 saturated heterocycles. The monoisotopic (exact) mass is 254 g/mol. The van der Waals surface area contributed by atoms with Gasteiger partial charge in [0.25, 0.3) is 0 Å². The van der Waals surface area contributed by atoms with E-state index in [4.69, 9.17) is 0 Å². The van der Waals surface area contributed by atoms with E-state index in [1.54, 1.807) is 0 Å². The zero-order valence-corrected chi connectivity index (χ0v) is 9.97. The Bertz CT molecular complexity index is 344. The standard InChI is InChI=1S/C12H15BrO/c1-8(14)11-6-9-4-2-3-5-10(9)7-12(11)13/h6-8,14H,2-5H2,1H3/t8-/m1/s1. The normalized spacial score (nSPS) is 17.6. The molecule has 0 radical (unpaired) electrons. The van der Waals surface area contributed by atoms with Gasteiger partial charge >= 0.3 is 0 Å². The average Bonchev–Trinajstić information content (AvgIpc) is 2.16. The van der Waals surface area contributed by atoms with Gasteiger partial charge in [-0.25, -0.2) is 0 Å². The number of hydrogen-bond acceptors (Lipinski definition) is 1. The molecule has 1 nitrogen and oxygen atoms in total. The number of benzene rings is 1. The molecule has 0 aliphatic heterocycles. The first-order valence-corrected chi connectivity index (χ1v) is 5.97. The Labute approximate surface area is 93.3 Å². The van der Waals surface area contributed by atoms with Crippen molar-refractivity contribution >= 4 is 15.9 Å². The number of aliphatic hydroxyl groups is 1. The lowest BCUT2D eigenvalue weighted by Crippen LogP contribution is -2.05. The molecule has 1 atom stereocenters. The minimum atomic E-state index is -0.378. The average molecular weight is 255 g/mol. The van der Waals surface area contributed by atoms with Crippen LogP contribution in [0.25, 0.3) is 0 Å². The molecule has 0 saturated carbocycles. The topological polar surface area (TPSA) is 20.2 Å². The molecule has 1 N–H and O–H groups in total. The van der Waals surface area contributed by atoms with Crippen LogP contribution in [0.5, 0.6) is 0 Å². The molecule has 0 aromatic heterocycles. The molecule has 1 aliphatic carbocycles. The molecule has 0 amide bonds. The highest BCUT2D eigenvalue weighted by molar-refractivity contribution is 9.10. The summed E-state index contributed by atoms with van der Waals surface area (Å²) in [6.45, 7) is 1.81. The van der Waals surface area contributed by atoms with Gasteiger partial charge < -0.3 is 5.11 Å². The number of hydrogen-bond donors (Lipinski definition) is 1. The zero-order valence-electron chi connectivity index (χ0n) is 8.39. The molecule has 1 aromatic rings. The van der Waals surface area contributed by atoms with E-state index in [-0.39, 0.29) is 6.10 Å². The molecule has 0 bridgehead atoms. The second-order valence-electron chi connectivity index (χ2n) is 4.03. The molecule has 1 aromatic carbocycles. The van der Waals surface area contributed by atoms with Crippen LogP contribution in [0, 0.1) is 0 Å². The Hall–Kier alpha value is -0.340. The molecule has 0 heterocycles. The molecule has 0 unspecified atom stereocenters. The largest absolute Gasteiger partial charge is 0.389 e. The fourth-order valence-electron chi connectivity index (χ4n) is 2.09. The van der Waals surface area contributed by atoms with Gasteiger partial charge in [0.1, 0.15) is 0 Å². The number of halogens is 1. The molecular weight excluding hydrogens is 240 g/mol. The summed E-state index contributed by atoms with van der Waals surface area (Å²) in [5.74, 6) is 0. The summed E-state index contributed by atoms with van der Waals surface area (Å²) in [4.78, 5) is 0. The smallest absolute Gasteiger partial charge is 0.0772 e. The highest BCUT2D eigenvalue weighted by Crippen LogP contribution is 2.30. The second-order valence-corrected chi connectivity index (χ2v) is 4.88. The Balaban J connectivity index is 2.45. The van der Waals surface area contributed by atoms with Gasteiger partial charge in [-0.3, -0.25) is 0 Å². The van der Waals surface area contributed by atoms with Crippen LogP contribution in [0.15, 0.2) is 16.6 Å². The minimum Gasteiger partial charge on any atom is -0.389 e. The van der Waals surface area contributed by atoms with Gasteiger partial charge in [0.05, 0.1) is 6.10 Å². The van der Waals surface area contributed by atoms with E-state index in [1.165, 1.54) is 36.8 Å². The van der Waals surface area contributed by atoms with Gasteiger partial charge in [-0.05, 0) is 55.4 Å². The van der Waals surface area contributed by atoms with Gasteiger partial charge in [0.2, 0.25) is 0 Å². The molecule has 76 valence electrons. The van der Waals surface area contributed by atoms with E-state index in [1.807, 2.05) is 6.92 Å². The summed E-state index contributed by atoms with van der Waals surface area (Å²) in [6, 6.07) is 4.33. The third-order valence-electron chi connectivity index (χ3n) is 2.91. The van der Waals surface area contributed by atoms with Crippen molar-refractivity contribution < 1.29 is 5.11 Å². The van der Waals surface area contributed by atoms with Gasteiger partial charge in [-0.1, -0.05) is 22.0 Å². The van der Waals surface area contributed by atoms with Crippen molar-refractivity contribution in [2.24, 2.45) is 0 Å². The van der Waals surface area contributed by atoms with Crippen molar-refractivity contribution in [2.45, 2.75) is 38.7 Å². The molecule has 0 spiro atoms. The summed E-state index contributed by atoms with van der Waals surface area (Å²) in [7, 11) is 0. The highest BCUT2D eigenvalue weighted by Gasteiger charge is 2.14. The van der Waals surface area contributed by atoms with Crippen molar-refractivity contribution in [1.82, 2.24) is 0 Å². The molecule has 0 fully saturated rings. The molecule has 1 aliphatic rings. The van der Waals surface area contributed by atoms with Gasteiger partial charge in [-0.15, -0.1) is 0 Å². The van der Waals surface area contributed by atoms with Crippen molar-refractivity contribution in [3.63, 3.8) is 0 Å². The predicted molar refractivity (Wildman–Crippen MR) is 61.4 cm³/mol. The van der Waals surface area contributed by atoms with Crippen molar-refractivity contribution in [2.75, 3.05) is 0 Å². The Morgan fingerprint density at radius 1 is 1.21 bits per heavy atom. The van der Waals surface area contributed by atoms with Gasteiger partial charge in [0.15, 0.2) is 0 Å². The third-order valence-corrected chi connectivity index (χ3v) is 3.60. The van der Waals surface area contributed by atoms with E-state index in [0.717, 1.165) is 10.0 Å². The lowest BCUT2D eigenvalue weighted by molar-refractivity contribution is 0.198. The Morgan fingerprint density at radius 3 is 2.36 bits per heavy atom. The number of rotatable bonds is 1. The summed E-state index contributed by atoms with van der Waals surface area (Å²) in [5, 5.41) is 9.58.